The number of nitrogens with one attached hydrogen (secondary N) is 2. The number of benzene rings is 2. The Labute approximate surface area is 173 Å². The van der Waals surface area contributed by atoms with Gasteiger partial charge in [0.05, 0.1) is 0 Å². The molecule has 0 saturated heterocycles. The predicted octanol–water partition coefficient (Wildman–Crippen LogP) is 3.21. The predicted molar refractivity (Wildman–Crippen MR) is 113 cm³/mol. The summed E-state index contributed by atoms with van der Waals surface area (Å²) in [6.07, 6.45) is -0.580. The van der Waals surface area contributed by atoms with Gasteiger partial charge in [-0.25, -0.2) is 0 Å². The Morgan fingerprint density at radius 2 is 1.54 bits per heavy atom. The van der Waals surface area contributed by atoms with Gasteiger partial charge in [-0.15, -0.1) is 0 Å². The van der Waals surface area contributed by atoms with Crippen molar-refractivity contribution in [2.45, 2.75) is 50.7 Å². The standard InChI is InChI=1S/C22H28N2O3Se/c1-16(17-11-7-5-8-12-17)23-20(25)19(24-21(26)27-22(2,3)4)15-28-18-13-9-6-10-14-18/h5-14,16,19H,15H2,1-4H3,(H,23,25)(H,24,26)/t16-,19+/m0/s1. The van der Waals surface area contributed by atoms with Crippen LogP contribution in [0.3, 0.4) is 0 Å². The van der Waals surface area contributed by atoms with Crippen LogP contribution >= 0.6 is 0 Å². The molecule has 0 heterocycles. The zero-order valence-corrected chi connectivity index (χ0v) is 18.5. The molecule has 6 heteroatoms. The number of amides is 2. The number of hydrogen-bond donors (Lipinski definition) is 2. The van der Waals surface area contributed by atoms with Crippen molar-refractivity contribution in [3.63, 3.8) is 0 Å². The SMILES string of the molecule is C[C@H](NC(=O)[C@@H](C[Se]c1ccccc1)NC(=O)OC(C)(C)C)c1ccccc1. The van der Waals surface area contributed by atoms with Crippen LogP contribution in [-0.4, -0.2) is 38.6 Å². The van der Waals surface area contributed by atoms with Crippen LogP contribution in [-0.2, 0) is 9.53 Å². The van der Waals surface area contributed by atoms with Crippen molar-refractivity contribution < 1.29 is 14.3 Å². The van der Waals surface area contributed by atoms with Gasteiger partial charge in [0.15, 0.2) is 0 Å². The van der Waals surface area contributed by atoms with E-state index < -0.39 is 17.7 Å². The molecule has 5 nitrogen and oxygen atoms in total. The van der Waals surface area contributed by atoms with E-state index >= 15 is 0 Å². The molecule has 0 aliphatic rings. The van der Waals surface area contributed by atoms with Crippen LogP contribution in [0.1, 0.15) is 39.3 Å². The molecule has 2 N–H and O–H groups in total. The van der Waals surface area contributed by atoms with Crippen molar-refractivity contribution in [1.29, 1.82) is 0 Å². The summed E-state index contributed by atoms with van der Waals surface area (Å²) in [6.45, 7) is 7.33. The van der Waals surface area contributed by atoms with Gasteiger partial charge in [-0.1, -0.05) is 0 Å². The summed E-state index contributed by atoms with van der Waals surface area (Å²) < 4.78 is 6.51. The van der Waals surface area contributed by atoms with Gasteiger partial charge in [0.25, 0.3) is 0 Å². The van der Waals surface area contributed by atoms with Crippen molar-refractivity contribution in [1.82, 2.24) is 10.6 Å². The van der Waals surface area contributed by atoms with Crippen molar-refractivity contribution >= 4 is 31.4 Å². The zero-order valence-electron chi connectivity index (χ0n) is 16.8. The van der Waals surface area contributed by atoms with Crippen molar-refractivity contribution in [2.75, 3.05) is 0 Å². The third kappa shape index (κ3) is 7.75. The second-order valence-electron chi connectivity index (χ2n) is 7.46. The molecule has 0 spiro atoms. The Hall–Kier alpha value is -2.30. The summed E-state index contributed by atoms with van der Waals surface area (Å²) in [7, 11) is 0. The van der Waals surface area contributed by atoms with Crippen LogP contribution in [0.15, 0.2) is 60.7 Å². The van der Waals surface area contributed by atoms with Gasteiger partial charge >= 0.3 is 173 Å². The second kappa shape index (κ2) is 10.3. The minimum absolute atomic E-state index is 0.0499. The topological polar surface area (TPSA) is 67.4 Å². The Morgan fingerprint density at radius 3 is 2.11 bits per heavy atom. The fourth-order valence-electron chi connectivity index (χ4n) is 2.47. The molecule has 0 radical (unpaired) electrons. The average molecular weight is 447 g/mol. The van der Waals surface area contributed by atoms with E-state index in [9.17, 15) is 9.59 Å². The molecule has 2 aromatic carbocycles. The van der Waals surface area contributed by atoms with E-state index in [-0.39, 0.29) is 26.9 Å². The first-order valence-electron chi connectivity index (χ1n) is 9.27. The van der Waals surface area contributed by atoms with Crippen molar-refractivity contribution in [2.24, 2.45) is 0 Å². The van der Waals surface area contributed by atoms with Gasteiger partial charge in [0.2, 0.25) is 0 Å². The quantitative estimate of drug-likeness (QED) is 0.641. The summed E-state index contributed by atoms with van der Waals surface area (Å²) >= 11 is 0.0499. The Bertz CT molecular complexity index is 760. The van der Waals surface area contributed by atoms with Crippen LogP contribution in [0.2, 0.25) is 5.32 Å². The summed E-state index contributed by atoms with van der Waals surface area (Å²) in [5.74, 6) is -0.208. The van der Waals surface area contributed by atoms with E-state index in [1.165, 1.54) is 4.46 Å². The molecule has 2 aromatic rings. The summed E-state index contributed by atoms with van der Waals surface area (Å²) in [5.41, 5.74) is 0.396. The molecule has 150 valence electrons. The Morgan fingerprint density at radius 1 is 0.964 bits per heavy atom. The van der Waals surface area contributed by atoms with Crippen LogP contribution in [0.25, 0.3) is 0 Å². The van der Waals surface area contributed by atoms with Crippen LogP contribution in [0, 0.1) is 0 Å². The van der Waals surface area contributed by atoms with Gasteiger partial charge in [-0.05, 0) is 0 Å². The van der Waals surface area contributed by atoms with Gasteiger partial charge < -0.3 is 0 Å². The molecule has 2 amide bonds. The number of alkyl carbamates (subject to hydrolysis) is 1. The monoisotopic (exact) mass is 448 g/mol. The molecule has 0 unspecified atom stereocenters. The van der Waals surface area contributed by atoms with Gasteiger partial charge in [-0.2, -0.15) is 0 Å². The van der Waals surface area contributed by atoms with Crippen LogP contribution in [0.4, 0.5) is 4.79 Å². The van der Waals surface area contributed by atoms with E-state index in [4.69, 9.17) is 4.74 Å². The fraction of sp³-hybridized carbons (Fsp3) is 0.364. The summed E-state index contributed by atoms with van der Waals surface area (Å²) in [6, 6.07) is 18.9. The third-order valence-electron chi connectivity index (χ3n) is 3.83. The van der Waals surface area contributed by atoms with E-state index in [0.717, 1.165) is 5.56 Å². The number of carbonyl (C=O) groups is 2. The van der Waals surface area contributed by atoms with E-state index in [2.05, 4.69) is 10.6 Å². The van der Waals surface area contributed by atoms with Gasteiger partial charge in [0, 0.05) is 0 Å². The number of hydrogen-bond acceptors (Lipinski definition) is 3. The fourth-order valence-corrected chi connectivity index (χ4v) is 4.45. The molecular formula is C22H28N2O3Se. The van der Waals surface area contributed by atoms with Crippen molar-refractivity contribution in [3.8, 4) is 0 Å². The molecule has 0 aromatic heterocycles. The molecule has 2 atom stereocenters. The number of carbonyl (C=O) groups excluding carboxylic acids is 2. The molecule has 0 aliphatic heterocycles. The molecular weight excluding hydrogens is 419 g/mol. The first kappa shape index (κ1) is 22.0. The molecule has 0 saturated carbocycles. The molecule has 2 rings (SSSR count). The van der Waals surface area contributed by atoms with E-state index in [0.29, 0.717) is 5.32 Å². The maximum atomic E-state index is 12.9. The average Bonchev–Trinajstić information content (AvgIpc) is 2.65. The van der Waals surface area contributed by atoms with Crippen molar-refractivity contribution in [3.05, 3.63) is 66.2 Å². The summed E-state index contributed by atoms with van der Waals surface area (Å²) in [4.78, 5) is 25.1. The van der Waals surface area contributed by atoms with E-state index in [1.54, 1.807) is 20.8 Å². The Balaban J connectivity index is 2.04. The zero-order chi connectivity index (χ0) is 20.6. The van der Waals surface area contributed by atoms with Crippen LogP contribution < -0.4 is 15.1 Å². The van der Waals surface area contributed by atoms with Gasteiger partial charge in [0.1, 0.15) is 0 Å². The van der Waals surface area contributed by atoms with Crippen LogP contribution in [0.5, 0.6) is 0 Å². The molecule has 0 aliphatic carbocycles. The first-order valence-corrected chi connectivity index (χ1v) is 11.3. The first-order chi connectivity index (χ1) is 13.2. The number of rotatable bonds is 7. The molecule has 0 bridgehead atoms. The van der Waals surface area contributed by atoms with E-state index in [1.807, 2.05) is 67.6 Å². The minimum atomic E-state index is -0.652. The molecule has 28 heavy (non-hydrogen) atoms. The summed E-state index contributed by atoms with van der Waals surface area (Å²) in [5, 5.41) is 6.29. The Kier molecular flexibility index (Phi) is 8.09. The molecule has 0 fully saturated rings. The second-order valence-corrected chi connectivity index (χ2v) is 9.76. The van der Waals surface area contributed by atoms with Gasteiger partial charge in [-0.3, -0.25) is 0 Å². The maximum absolute atomic E-state index is 12.9. The normalized spacial score (nSPS) is 13.3. The third-order valence-corrected chi connectivity index (χ3v) is 6.15. The number of ether oxygens (including phenoxy) is 1.